The van der Waals surface area contributed by atoms with E-state index < -0.39 is 0 Å². The Morgan fingerprint density at radius 2 is 2.00 bits per heavy atom. The zero-order chi connectivity index (χ0) is 28.2. The minimum Gasteiger partial charge on any atom is -0.464 e. The summed E-state index contributed by atoms with van der Waals surface area (Å²) in [6.45, 7) is 1.83. The van der Waals surface area contributed by atoms with Crippen molar-refractivity contribution in [1.29, 1.82) is 0 Å². The molecule has 0 spiro atoms. The number of amides is 2. The van der Waals surface area contributed by atoms with Gasteiger partial charge >= 0.3 is 0 Å². The standard InChI is InChI=1S/C31H31N7O3/c1-36(2)17-25-19(18-8-11-37(3)28(39)14-18)5-7-27(35-25)34-24-6-4-20(22-15-32-31(40)29(22)24)23-16-33-38-12-9-26-21(30(23)38)10-13-41-26/h4-7,9-10,12-13,16,18H,8,11,14-15,17H2,1-3H3,(H,32,40)(H,34,35)/t18-/m1/s1. The number of piperidine rings is 1. The number of furan rings is 1. The third-order valence-corrected chi connectivity index (χ3v) is 8.21. The van der Waals surface area contributed by atoms with Crippen molar-refractivity contribution in [2.45, 2.75) is 31.8 Å². The van der Waals surface area contributed by atoms with Gasteiger partial charge in [0.15, 0.2) is 0 Å². The van der Waals surface area contributed by atoms with Crippen LogP contribution >= 0.6 is 0 Å². The fourth-order valence-electron chi connectivity index (χ4n) is 6.16. The molecule has 41 heavy (non-hydrogen) atoms. The Bertz CT molecular complexity index is 1840. The maximum Gasteiger partial charge on any atom is 0.254 e. The quantitative estimate of drug-likeness (QED) is 0.321. The van der Waals surface area contributed by atoms with Crippen LogP contribution in [0.1, 0.15) is 45.9 Å². The Morgan fingerprint density at radius 3 is 2.83 bits per heavy atom. The normalized spacial score (nSPS) is 17.1. The van der Waals surface area contributed by atoms with Crippen LogP contribution in [0.4, 0.5) is 11.5 Å². The molecule has 1 atom stereocenters. The van der Waals surface area contributed by atoms with E-state index in [2.05, 4.69) is 26.7 Å². The number of hydrogen-bond acceptors (Lipinski definition) is 7. The molecule has 0 saturated carbocycles. The number of hydrogen-bond donors (Lipinski definition) is 2. The van der Waals surface area contributed by atoms with Crippen molar-refractivity contribution in [2.24, 2.45) is 0 Å². The Labute approximate surface area is 236 Å². The van der Waals surface area contributed by atoms with Gasteiger partial charge in [0.1, 0.15) is 11.4 Å². The van der Waals surface area contributed by atoms with Gasteiger partial charge in [-0.2, -0.15) is 5.10 Å². The molecule has 1 saturated heterocycles. The lowest BCUT2D eigenvalue weighted by Gasteiger charge is -2.30. The van der Waals surface area contributed by atoms with E-state index >= 15 is 0 Å². The first kappa shape index (κ1) is 25.3. The summed E-state index contributed by atoms with van der Waals surface area (Å²) in [6, 6.07) is 11.9. The van der Waals surface area contributed by atoms with Gasteiger partial charge in [-0.05, 0) is 67.4 Å². The molecule has 7 rings (SSSR count). The van der Waals surface area contributed by atoms with Crippen LogP contribution < -0.4 is 10.6 Å². The summed E-state index contributed by atoms with van der Waals surface area (Å²) in [4.78, 5) is 34.4. The fourth-order valence-corrected chi connectivity index (χ4v) is 6.16. The summed E-state index contributed by atoms with van der Waals surface area (Å²) in [5, 5.41) is 12.0. The molecule has 0 aliphatic carbocycles. The molecule has 1 aromatic carbocycles. The van der Waals surface area contributed by atoms with Crippen LogP contribution in [0.5, 0.6) is 0 Å². The Hall–Kier alpha value is -4.70. The number of nitrogens with one attached hydrogen (secondary N) is 2. The van der Waals surface area contributed by atoms with Gasteiger partial charge in [0.25, 0.3) is 5.91 Å². The minimum absolute atomic E-state index is 0.121. The van der Waals surface area contributed by atoms with Crippen LogP contribution in [0.2, 0.25) is 0 Å². The number of likely N-dealkylation sites (tertiary alicyclic amines) is 1. The summed E-state index contributed by atoms with van der Waals surface area (Å²) < 4.78 is 7.46. The van der Waals surface area contributed by atoms with Crippen molar-refractivity contribution in [3.63, 3.8) is 0 Å². The highest BCUT2D eigenvalue weighted by Crippen LogP contribution is 2.39. The predicted octanol–water partition coefficient (Wildman–Crippen LogP) is 4.53. The zero-order valence-electron chi connectivity index (χ0n) is 23.3. The topological polar surface area (TPSA) is 108 Å². The highest BCUT2D eigenvalue weighted by Gasteiger charge is 2.29. The molecule has 0 unspecified atom stereocenters. The van der Waals surface area contributed by atoms with Crippen molar-refractivity contribution in [2.75, 3.05) is 33.0 Å². The fraction of sp³-hybridized carbons (Fsp3) is 0.290. The second-order valence-corrected chi connectivity index (χ2v) is 11.2. The summed E-state index contributed by atoms with van der Waals surface area (Å²) in [6.07, 6.45) is 6.81. The molecule has 0 radical (unpaired) electrons. The Kier molecular flexibility index (Phi) is 6.01. The van der Waals surface area contributed by atoms with Crippen molar-refractivity contribution in [3.05, 3.63) is 77.4 Å². The zero-order valence-corrected chi connectivity index (χ0v) is 23.3. The maximum atomic E-state index is 13.1. The summed E-state index contributed by atoms with van der Waals surface area (Å²) in [5.74, 6) is 0.859. The number of fused-ring (bicyclic) bond motifs is 4. The lowest BCUT2D eigenvalue weighted by molar-refractivity contribution is -0.132. The van der Waals surface area contributed by atoms with Gasteiger partial charge in [0.05, 0.1) is 34.9 Å². The monoisotopic (exact) mass is 549 g/mol. The van der Waals surface area contributed by atoms with Crippen LogP contribution in [0.3, 0.4) is 0 Å². The highest BCUT2D eigenvalue weighted by molar-refractivity contribution is 6.08. The number of pyridine rings is 2. The first-order valence-corrected chi connectivity index (χ1v) is 13.8. The first-order chi connectivity index (χ1) is 19.9. The second kappa shape index (κ2) is 9.74. The SMILES string of the molecule is CN(C)Cc1nc(Nc2ccc(-c3cnn4ccc5occc5c34)c3c2C(=O)NC3)ccc1[C@@H]1CCN(C)C(=O)C1. The number of benzene rings is 1. The highest BCUT2D eigenvalue weighted by atomic mass is 16.3. The molecule has 2 amide bonds. The second-order valence-electron chi connectivity index (χ2n) is 11.2. The lowest BCUT2D eigenvalue weighted by Crippen LogP contribution is -2.35. The van der Waals surface area contributed by atoms with Gasteiger partial charge in [-0.3, -0.25) is 9.59 Å². The van der Waals surface area contributed by atoms with E-state index in [1.54, 1.807) is 11.2 Å². The van der Waals surface area contributed by atoms with E-state index in [9.17, 15) is 9.59 Å². The van der Waals surface area contributed by atoms with Crippen molar-refractivity contribution in [3.8, 4) is 11.1 Å². The number of nitrogens with zero attached hydrogens (tertiary/aromatic N) is 5. The number of rotatable bonds is 6. The van der Waals surface area contributed by atoms with Crippen molar-refractivity contribution in [1.82, 2.24) is 29.7 Å². The van der Waals surface area contributed by atoms with Gasteiger partial charge in [0, 0.05) is 50.2 Å². The molecular weight excluding hydrogens is 518 g/mol. The molecule has 6 heterocycles. The van der Waals surface area contributed by atoms with Crippen molar-refractivity contribution < 1.29 is 14.0 Å². The lowest BCUT2D eigenvalue weighted by atomic mass is 9.88. The van der Waals surface area contributed by atoms with Crippen molar-refractivity contribution >= 4 is 39.8 Å². The van der Waals surface area contributed by atoms with E-state index in [0.717, 1.165) is 57.4 Å². The molecule has 2 aliphatic heterocycles. The van der Waals surface area contributed by atoms with E-state index in [-0.39, 0.29) is 17.7 Å². The molecule has 2 aliphatic rings. The molecule has 2 N–H and O–H groups in total. The average molecular weight is 550 g/mol. The average Bonchev–Trinajstić information content (AvgIpc) is 3.69. The van der Waals surface area contributed by atoms with Crippen LogP contribution in [-0.4, -0.2) is 63.9 Å². The molecule has 4 aromatic heterocycles. The third-order valence-electron chi connectivity index (χ3n) is 8.21. The molecule has 10 heteroatoms. The maximum absolute atomic E-state index is 13.1. The largest absolute Gasteiger partial charge is 0.464 e. The van der Waals surface area contributed by atoms with Gasteiger partial charge < -0.3 is 24.9 Å². The Morgan fingerprint density at radius 1 is 1.12 bits per heavy atom. The van der Waals surface area contributed by atoms with Crippen LogP contribution in [0.25, 0.3) is 27.6 Å². The minimum atomic E-state index is -0.121. The molecule has 1 fully saturated rings. The van der Waals surface area contributed by atoms with Gasteiger partial charge in [-0.15, -0.1) is 0 Å². The summed E-state index contributed by atoms with van der Waals surface area (Å²) in [5.41, 5.74) is 7.92. The Balaban J connectivity index is 1.26. The van der Waals surface area contributed by atoms with Gasteiger partial charge in [-0.25, -0.2) is 9.50 Å². The molecular formula is C31H31N7O3. The molecule has 10 nitrogen and oxygen atoms in total. The predicted molar refractivity (Wildman–Crippen MR) is 156 cm³/mol. The van der Waals surface area contributed by atoms with E-state index in [1.807, 2.05) is 68.4 Å². The first-order valence-electron chi connectivity index (χ1n) is 13.8. The van der Waals surface area contributed by atoms with Gasteiger partial charge in [0.2, 0.25) is 5.91 Å². The summed E-state index contributed by atoms with van der Waals surface area (Å²) >= 11 is 0. The van der Waals surface area contributed by atoms with Gasteiger partial charge in [-0.1, -0.05) is 12.1 Å². The number of carbonyl (C=O) groups excluding carboxylic acids is 2. The number of carbonyl (C=O) groups is 2. The van der Waals surface area contributed by atoms with E-state index in [0.29, 0.717) is 36.6 Å². The third kappa shape index (κ3) is 4.31. The van der Waals surface area contributed by atoms with E-state index in [4.69, 9.17) is 9.40 Å². The number of aromatic nitrogens is 3. The van der Waals surface area contributed by atoms with Crippen LogP contribution in [0, 0.1) is 0 Å². The summed E-state index contributed by atoms with van der Waals surface area (Å²) in [7, 11) is 5.89. The molecule has 5 aromatic rings. The van der Waals surface area contributed by atoms with Crippen LogP contribution in [0.15, 0.2) is 59.5 Å². The molecule has 0 bridgehead atoms. The number of anilines is 2. The smallest absolute Gasteiger partial charge is 0.254 e. The van der Waals surface area contributed by atoms with Crippen LogP contribution in [-0.2, 0) is 17.9 Å². The molecule has 208 valence electrons. The van der Waals surface area contributed by atoms with E-state index in [1.165, 1.54) is 0 Å².